The van der Waals surface area contributed by atoms with Crippen molar-refractivity contribution in [1.82, 2.24) is 4.57 Å². The number of rotatable bonds is 2. The molecule has 1 aliphatic heterocycles. The lowest BCUT2D eigenvalue weighted by Gasteiger charge is -2.30. The van der Waals surface area contributed by atoms with Crippen LogP contribution >= 0.6 is 0 Å². The molecule has 0 bridgehead atoms. The Morgan fingerprint density at radius 3 is 2.90 bits per heavy atom. The van der Waals surface area contributed by atoms with E-state index in [4.69, 9.17) is 0 Å². The fourth-order valence-corrected chi connectivity index (χ4v) is 4.31. The lowest BCUT2D eigenvalue weighted by molar-refractivity contribution is 0.617. The van der Waals surface area contributed by atoms with E-state index in [0.29, 0.717) is 11.3 Å². The van der Waals surface area contributed by atoms with Crippen LogP contribution in [0.3, 0.4) is 0 Å². The maximum Gasteiger partial charge on any atom is 0.255 e. The van der Waals surface area contributed by atoms with Gasteiger partial charge in [0.1, 0.15) is 5.82 Å². The van der Waals surface area contributed by atoms with Crippen LogP contribution in [0, 0.1) is 12.7 Å². The Kier molecular flexibility index (Phi) is 4.55. The van der Waals surface area contributed by atoms with Crippen LogP contribution in [0.2, 0.25) is 0 Å². The summed E-state index contributed by atoms with van der Waals surface area (Å²) >= 11 is 0. The number of hydrogen-bond acceptors (Lipinski definition) is 2. The monoisotopic (exact) mass is 396 g/mol. The molecule has 0 fully saturated rings. The number of benzene rings is 1. The van der Waals surface area contributed by atoms with Crippen molar-refractivity contribution < 1.29 is 4.39 Å². The second kappa shape index (κ2) is 7.38. The van der Waals surface area contributed by atoms with Gasteiger partial charge in [-0.15, -0.1) is 0 Å². The van der Waals surface area contributed by atoms with E-state index in [0.717, 1.165) is 29.8 Å². The normalized spacial score (nSPS) is 19.4. The molecule has 148 valence electrons. The third kappa shape index (κ3) is 3.14. The van der Waals surface area contributed by atoms with Crippen LogP contribution in [0.5, 0.6) is 0 Å². The van der Waals surface area contributed by atoms with E-state index in [1.807, 2.05) is 18.4 Å². The van der Waals surface area contributed by atoms with Crippen molar-refractivity contribution in [3.05, 3.63) is 123 Å². The highest BCUT2D eigenvalue weighted by Crippen LogP contribution is 2.41. The van der Waals surface area contributed by atoms with Crippen molar-refractivity contribution in [2.45, 2.75) is 25.7 Å². The van der Waals surface area contributed by atoms with E-state index in [-0.39, 0.29) is 17.3 Å². The van der Waals surface area contributed by atoms with Gasteiger partial charge in [-0.3, -0.25) is 14.4 Å². The highest BCUT2D eigenvalue weighted by molar-refractivity contribution is 5.85. The van der Waals surface area contributed by atoms with Crippen LogP contribution in [0.4, 0.5) is 4.39 Å². The molecule has 1 aromatic heterocycles. The molecule has 2 heterocycles. The Morgan fingerprint density at radius 1 is 1.13 bits per heavy atom. The van der Waals surface area contributed by atoms with E-state index in [1.165, 1.54) is 17.2 Å². The molecule has 4 heteroatoms. The van der Waals surface area contributed by atoms with Gasteiger partial charge in [0.25, 0.3) is 5.56 Å². The van der Waals surface area contributed by atoms with Gasteiger partial charge in [0, 0.05) is 40.8 Å². The molecular weight excluding hydrogens is 375 g/mol. The van der Waals surface area contributed by atoms with Crippen molar-refractivity contribution >= 4 is 6.21 Å². The molecule has 2 aromatic rings. The zero-order chi connectivity index (χ0) is 20.7. The second-order valence-corrected chi connectivity index (χ2v) is 7.76. The van der Waals surface area contributed by atoms with Gasteiger partial charge in [0.15, 0.2) is 0 Å². The third-order valence-corrected chi connectivity index (χ3v) is 5.85. The first kappa shape index (κ1) is 18.5. The molecule has 0 radical (unpaired) electrons. The first-order chi connectivity index (χ1) is 14.6. The van der Waals surface area contributed by atoms with Crippen LogP contribution in [0.25, 0.3) is 5.69 Å². The van der Waals surface area contributed by atoms with Gasteiger partial charge >= 0.3 is 0 Å². The summed E-state index contributed by atoms with van der Waals surface area (Å²) in [6.45, 7) is 1.71. The van der Waals surface area contributed by atoms with Gasteiger partial charge in [-0.25, -0.2) is 4.39 Å². The number of aryl methyl sites for hydroxylation is 1. The van der Waals surface area contributed by atoms with Crippen LogP contribution in [0.15, 0.2) is 99.5 Å². The zero-order valence-electron chi connectivity index (χ0n) is 16.7. The molecule has 3 aliphatic rings. The zero-order valence-corrected chi connectivity index (χ0v) is 16.7. The number of halogens is 1. The van der Waals surface area contributed by atoms with Gasteiger partial charge in [-0.2, -0.15) is 0 Å². The molecular formula is C26H21FN2O. The van der Waals surface area contributed by atoms with Gasteiger partial charge in [0.05, 0.1) is 0 Å². The maximum atomic E-state index is 13.9. The largest absolute Gasteiger partial charge is 0.280 e. The quantitative estimate of drug-likeness (QED) is 0.664. The van der Waals surface area contributed by atoms with Crippen molar-refractivity contribution in [3.8, 4) is 5.69 Å². The Morgan fingerprint density at radius 2 is 2.03 bits per heavy atom. The summed E-state index contributed by atoms with van der Waals surface area (Å²) in [5, 5.41) is 0. The number of allylic oxidation sites excluding steroid dienone is 10. The topological polar surface area (TPSA) is 34.4 Å². The van der Waals surface area contributed by atoms with E-state index in [9.17, 15) is 9.18 Å². The lowest BCUT2D eigenvalue weighted by atomic mass is 9.82. The highest BCUT2D eigenvalue weighted by Gasteiger charge is 2.30. The van der Waals surface area contributed by atoms with Crippen LogP contribution < -0.4 is 5.56 Å². The number of pyridine rings is 1. The van der Waals surface area contributed by atoms with E-state index < -0.39 is 0 Å². The predicted molar refractivity (Wildman–Crippen MR) is 119 cm³/mol. The maximum absolute atomic E-state index is 13.9. The molecule has 1 unspecified atom stereocenters. The lowest BCUT2D eigenvalue weighted by Crippen LogP contribution is -2.28. The van der Waals surface area contributed by atoms with Crippen molar-refractivity contribution in [2.75, 3.05) is 0 Å². The molecule has 30 heavy (non-hydrogen) atoms. The van der Waals surface area contributed by atoms with E-state index in [2.05, 4.69) is 41.4 Å². The first-order valence-electron chi connectivity index (χ1n) is 10.1. The minimum Gasteiger partial charge on any atom is -0.280 e. The standard InChI is InChI=1S/C26H21FN2O/c1-17-14-21(10-11-23(17)27)29-25(30)13-9-20-16-28-24-12-8-19(15-22(24)26(20)29)18-6-4-2-3-5-7-18/h2-4,6-14,16,22H,5,15H2,1H3. The molecule has 0 saturated carbocycles. The summed E-state index contributed by atoms with van der Waals surface area (Å²) in [7, 11) is 0. The highest BCUT2D eigenvalue weighted by atomic mass is 19.1. The summed E-state index contributed by atoms with van der Waals surface area (Å²) in [5.41, 5.74) is 6.29. The summed E-state index contributed by atoms with van der Waals surface area (Å²) in [5.74, 6) is -0.308. The first-order valence-corrected chi connectivity index (χ1v) is 10.1. The Hall–Kier alpha value is -3.53. The summed E-state index contributed by atoms with van der Waals surface area (Å²) in [4.78, 5) is 17.6. The number of aliphatic imine (C=N–C) groups is 1. The second-order valence-electron chi connectivity index (χ2n) is 7.76. The van der Waals surface area contributed by atoms with Gasteiger partial charge in [-0.05, 0) is 66.8 Å². The molecule has 2 aliphatic carbocycles. The minimum absolute atomic E-state index is 0.0326. The molecule has 0 spiro atoms. The number of hydrogen-bond donors (Lipinski definition) is 0. The fourth-order valence-electron chi connectivity index (χ4n) is 4.31. The molecule has 3 nitrogen and oxygen atoms in total. The van der Waals surface area contributed by atoms with Crippen molar-refractivity contribution in [3.63, 3.8) is 0 Å². The smallest absolute Gasteiger partial charge is 0.255 e. The summed E-state index contributed by atoms with van der Waals surface area (Å²) < 4.78 is 15.6. The molecule has 1 aromatic carbocycles. The van der Waals surface area contributed by atoms with E-state index in [1.54, 1.807) is 29.7 Å². The number of fused-ring (bicyclic) bond motifs is 3. The Balaban J connectivity index is 1.64. The van der Waals surface area contributed by atoms with Gasteiger partial charge in [0.2, 0.25) is 0 Å². The van der Waals surface area contributed by atoms with E-state index >= 15 is 0 Å². The van der Waals surface area contributed by atoms with Crippen LogP contribution in [0.1, 0.15) is 35.6 Å². The molecule has 5 rings (SSSR count). The van der Waals surface area contributed by atoms with Gasteiger partial charge in [-0.1, -0.05) is 36.5 Å². The van der Waals surface area contributed by atoms with Crippen LogP contribution in [-0.4, -0.2) is 10.8 Å². The number of aromatic nitrogens is 1. The molecule has 0 saturated heterocycles. The third-order valence-electron chi connectivity index (χ3n) is 5.85. The van der Waals surface area contributed by atoms with Crippen LogP contribution in [-0.2, 0) is 0 Å². The SMILES string of the molecule is Cc1cc(-n2c3c(ccc2=O)C=NC2=CC=C(C4=CCC=CC=C4)CC23)ccc1F. The van der Waals surface area contributed by atoms with Crippen molar-refractivity contribution in [2.24, 2.45) is 4.99 Å². The fraction of sp³-hybridized carbons (Fsp3) is 0.154. The number of nitrogens with zero attached hydrogens (tertiary/aromatic N) is 2. The Bertz CT molecular complexity index is 1280. The predicted octanol–water partition coefficient (Wildman–Crippen LogP) is 5.46. The molecule has 0 N–H and O–H groups in total. The average molecular weight is 396 g/mol. The molecule has 1 atom stereocenters. The summed E-state index contributed by atoms with van der Waals surface area (Å²) in [6.07, 6.45) is 18.2. The summed E-state index contributed by atoms with van der Waals surface area (Å²) in [6, 6.07) is 8.21. The Labute approximate surface area is 174 Å². The molecule has 0 amide bonds. The average Bonchev–Trinajstić information content (AvgIpc) is 3.05. The minimum atomic E-state index is -0.276. The van der Waals surface area contributed by atoms with Gasteiger partial charge < -0.3 is 0 Å². The van der Waals surface area contributed by atoms with Crippen molar-refractivity contribution in [1.29, 1.82) is 0 Å².